The third-order valence-electron chi connectivity index (χ3n) is 3.38. The Balaban J connectivity index is 1.66. The Labute approximate surface area is 148 Å². The van der Waals surface area contributed by atoms with Crippen molar-refractivity contribution in [1.82, 2.24) is 0 Å². The minimum Gasteiger partial charge on any atom is -0.488 e. The third kappa shape index (κ3) is 4.52. The van der Waals surface area contributed by atoms with E-state index in [0.29, 0.717) is 6.61 Å². The van der Waals surface area contributed by atoms with Gasteiger partial charge in [0.1, 0.15) is 18.2 Å². The van der Waals surface area contributed by atoms with Gasteiger partial charge in [0.2, 0.25) is 0 Å². The van der Waals surface area contributed by atoms with Gasteiger partial charge in [0.05, 0.1) is 10.2 Å². The van der Waals surface area contributed by atoms with Crippen LogP contribution in [0, 0.1) is 5.82 Å². The van der Waals surface area contributed by atoms with E-state index in [1.54, 1.807) is 12.1 Å². The second kappa shape index (κ2) is 7.88. The van der Waals surface area contributed by atoms with Crippen LogP contribution in [-0.4, -0.2) is 6.21 Å². The summed E-state index contributed by atoms with van der Waals surface area (Å²) in [5.41, 5.74) is 2.79. The smallest absolute Gasteiger partial charge is 0.134 e. The molecule has 0 fully saturated rings. The van der Waals surface area contributed by atoms with Crippen molar-refractivity contribution in [3.8, 4) is 5.75 Å². The Morgan fingerprint density at radius 1 is 0.958 bits per heavy atom. The van der Waals surface area contributed by atoms with Crippen LogP contribution in [0.1, 0.15) is 11.1 Å². The molecule has 0 amide bonds. The second-order valence-corrected chi connectivity index (χ2v) is 6.05. The molecular formula is C20H15BrFNO. The first-order chi connectivity index (χ1) is 11.7. The lowest BCUT2D eigenvalue weighted by atomic mass is 10.2. The van der Waals surface area contributed by atoms with Crippen LogP contribution >= 0.6 is 15.9 Å². The number of hydrogen-bond acceptors (Lipinski definition) is 2. The number of aliphatic imine (C=N–C) groups is 1. The molecule has 0 spiro atoms. The molecule has 0 aromatic heterocycles. The van der Waals surface area contributed by atoms with E-state index in [0.717, 1.165) is 27.0 Å². The van der Waals surface area contributed by atoms with Crippen LogP contribution in [0.3, 0.4) is 0 Å². The van der Waals surface area contributed by atoms with Gasteiger partial charge in [-0.3, -0.25) is 4.99 Å². The molecule has 0 atom stereocenters. The Hall–Kier alpha value is -2.46. The normalized spacial score (nSPS) is 10.9. The quantitative estimate of drug-likeness (QED) is 0.501. The number of para-hydroxylation sites is 1. The predicted octanol–water partition coefficient (Wildman–Crippen LogP) is 5.92. The van der Waals surface area contributed by atoms with Crippen molar-refractivity contribution in [1.29, 1.82) is 0 Å². The number of halogens is 2. The summed E-state index contributed by atoms with van der Waals surface area (Å²) in [5, 5.41) is 0. The molecule has 24 heavy (non-hydrogen) atoms. The highest BCUT2D eigenvalue weighted by molar-refractivity contribution is 9.10. The van der Waals surface area contributed by atoms with Crippen molar-refractivity contribution in [2.75, 3.05) is 0 Å². The van der Waals surface area contributed by atoms with Crippen molar-refractivity contribution >= 4 is 27.8 Å². The molecule has 0 aliphatic rings. The zero-order valence-corrected chi connectivity index (χ0v) is 14.4. The highest BCUT2D eigenvalue weighted by Gasteiger charge is 2.03. The van der Waals surface area contributed by atoms with Gasteiger partial charge in [-0.1, -0.05) is 30.3 Å². The van der Waals surface area contributed by atoms with Gasteiger partial charge in [0.15, 0.2) is 0 Å². The third-order valence-corrected chi connectivity index (χ3v) is 4.00. The van der Waals surface area contributed by atoms with Crippen molar-refractivity contribution < 1.29 is 9.13 Å². The molecule has 0 heterocycles. The SMILES string of the molecule is Fc1ccc(COc2ccc(C=Nc3ccccc3)cc2Br)cc1. The van der Waals surface area contributed by atoms with Crippen molar-refractivity contribution in [3.63, 3.8) is 0 Å². The van der Waals surface area contributed by atoms with Crippen molar-refractivity contribution in [2.24, 2.45) is 4.99 Å². The van der Waals surface area contributed by atoms with E-state index >= 15 is 0 Å². The summed E-state index contributed by atoms with van der Waals surface area (Å²) < 4.78 is 19.5. The number of rotatable bonds is 5. The minimum absolute atomic E-state index is 0.248. The molecule has 0 unspecified atom stereocenters. The number of benzene rings is 3. The van der Waals surface area contributed by atoms with E-state index in [1.807, 2.05) is 54.7 Å². The molecule has 0 aliphatic heterocycles. The van der Waals surface area contributed by atoms with E-state index in [9.17, 15) is 4.39 Å². The standard InChI is InChI=1S/C20H15BrFNO/c21-19-12-16(13-23-18-4-2-1-3-5-18)8-11-20(19)24-14-15-6-9-17(22)10-7-15/h1-13H,14H2. The fourth-order valence-corrected chi connectivity index (χ4v) is 2.63. The van der Waals surface area contributed by atoms with Gasteiger partial charge in [0.25, 0.3) is 0 Å². The largest absolute Gasteiger partial charge is 0.488 e. The van der Waals surface area contributed by atoms with Gasteiger partial charge in [-0.05, 0) is 69.5 Å². The molecule has 4 heteroatoms. The summed E-state index contributed by atoms with van der Waals surface area (Å²) in [5.74, 6) is 0.484. The topological polar surface area (TPSA) is 21.6 Å². The van der Waals surface area contributed by atoms with Crippen LogP contribution in [-0.2, 0) is 6.61 Å². The number of hydrogen-bond donors (Lipinski definition) is 0. The van der Waals surface area contributed by atoms with Crippen molar-refractivity contribution in [3.05, 3.63) is 94.2 Å². The van der Waals surface area contributed by atoms with E-state index < -0.39 is 0 Å². The Morgan fingerprint density at radius 3 is 2.42 bits per heavy atom. The van der Waals surface area contributed by atoms with Gasteiger partial charge in [-0.2, -0.15) is 0 Å². The molecule has 0 aliphatic carbocycles. The van der Waals surface area contributed by atoms with Gasteiger partial charge >= 0.3 is 0 Å². The molecule has 0 radical (unpaired) electrons. The summed E-state index contributed by atoms with van der Waals surface area (Å²) in [6.45, 7) is 0.385. The van der Waals surface area contributed by atoms with Crippen LogP contribution in [0.2, 0.25) is 0 Å². The molecule has 3 aromatic carbocycles. The second-order valence-electron chi connectivity index (χ2n) is 5.20. The van der Waals surface area contributed by atoms with Crippen LogP contribution in [0.15, 0.2) is 82.3 Å². The Morgan fingerprint density at radius 2 is 1.71 bits per heavy atom. The van der Waals surface area contributed by atoms with Crippen molar-refractivity contribution in [2.45, 2.75) is 6.61 Å². The molecule has 3 rings (SSSR count). The lowest BCUT2D eigenvalue weighted by molar-refractivity contribution is 0.304. The molecule has 0 N–H and O–H groups in total. The molecule has 0 saturated heterocycles. The predicted molar refractivity (Wildman–Crippen MR) is 98.6 cm³/mol. The van der Waals surface area contributed by atoms with E-state index in [2.05, 4.69) is 20.9 Å². The highest BCUT2D eigenvalue weighted by Crippen LogP contribution is 2.26. The molecule has 3 aromatic rings. The average Bonchev–Trinajstić information content (AvgIpc) is 2.61. The molecule has 120 valence electrons. The summed E-state index contributed by atoms with van der Waals surface area (Å²) in [4.78, 5) is 4.43. The Bertz CT molecular complexity index is 832. The first-order valence-corrected chi connectivity index (χ1v) is 8.26. The summed E-state index contributed by atoms with van der Waals surface area (Å²) >= 11 is 3.51. The maximum atomic E-state index is 12.9. The number of nitrogens with zero attached hydrogens (tertiary/aromatic N) is 1. The van der Waals surface area contributed by atoms with Gasteiger partial charge in [-0.15, -0.1) is 0 Å². The molecular weight excluding hydrogens is 369 g/mol. The van der Waals surface area contributed by atoms with Crippen LogP contribution < -0.4 is 4.74 Å². The van der Waals surface area contributed by atoms with Crippen LogP contribution in [0.5, 0.6) is 5.75 Å². The fourth-order valence-electron chi connectivity index (χ4n) is 2.12. The van der Waals surface area contributed by atoms with Gasteiger partial charge in [0, 0.05) is 6.21 Å². The minimum atomic E-state index is -0.248. The van der Waals surface area contributed by atoms with Gasteiger partial charge in [-0.25, -0.2) is 4.39 Å². The zero-order valence-electron chi connectivity index (χ0n) is 12.8. The van der Waals surface area contributed by atoms with Gasteiger partial charge < -0.3 is 4.74 Å². The molecule has 0 bridgehead atoms. The monoisotopic (exact) mass is 383 g/mol. The van der Waals surface area contributed by atoms with Crippen LogP contribution in [0.25, 0.3) is 0 Å². The first-order valence-electron chi connectivity index (χ1n) is 7.46. The van der Waals surface area contributed by atoms with E-state index in [-0.39, 0.29) is 5.82 Å². The number of ether oxygens (including phenoxy) is 1. The van der Waals surface area contributed by atoms with E-state index in [4.69, 9.17) is 4.74 Å². The first kappa shape index (κ1) is 16.4. The molecule has 0 saturated carbocycles. The molecule has 2 nitrogen and oxygen atoms in total. The van der Waals surface area contributed by atoms with E-state index in [1.165, 1.54) is 12.1 Å². The zero-order chi connectivity index (χ0) is 16.8. The van der Waals surface area contributed by atoms with Crippen LogP contribution in [0.4, 0.5) is 10.1 Å². The lowest BCUT2D eigenvalue weighted by Crippen LogP contribution is -1.96. The maximum absolute atomic E-state index is 12.9. The Kier molecular flexibility index (Phi) is 5.39. The summed E-state index contributed by atoms with van der Waals surface area (Å²) in [6, 6.07) is 21.8. The highest BCUT2D eigenvalue weighted by atomic mass is 79.9. The summed E-state index contributed by atoms with van der Waals surface area (Å²) in [7, 11) is 0. The maximum Gasteiger partial charge on any atom is 0.134 e. The lowest BCUT2D eigenvalue weighted by Gasteiger charge is -2.09. The summed E-state index contributed by atoms with van der Waals surface area (Å²) in [6.07, 6.45) is 1.81. The fraction of sp³-hybridized carbons (Fsp3) is 0.0500. The average molecular weight is 384 g/mol.